The monoisotopic (exact) mass is 142 g/mol. The molecule has 1 saturated heterocycles. The zero-order valence-electron chi connectivity index (χ0n) is 7.01. The van der Waals surface area contributed by atoms with Gasteiger partial charge < -0.3 is 5.73 Å². The van der Waals surface area contributed by atoms with Crippen LogP contribution in [-0.4, -0.2) is 30.6 Å². The van der Waals surface area contributed by atoms with Crippen LogP contribution in [0.2, 0.25) is 0 Å². The lowest BCUT2D eigenvalue weighted by atomic mass is 9.95. The molecule has 0 amide bonds. The number of nitrogens with two attached hydrogens (primary N) is 1. The second-order valence-electron chi connectivity index (χ2n) is 3.31. The zero-order valence-corrected chi connectivity index (χ0v) is 7.01. The molecular weight excluding hydrogens is 124 g/mol. The minimum absolute atomic E-state index is 0.600. The molecule has 0 bridgehead atoms. The van der Waals surface area contributed by atoms with E-state index >= 15 is 0 Å². The van der Waals surface area contributed by atoms with Gasteiger partial charge in [-0.1, -0.05) is 13.3 Å². The van der Waals surface area contributed by atoms with E-state index in [0.29, 0.717) is 6.04 Å². The molecule has 1 atom stereocenters. The maximum atomic E-state index is 5.53. The highest BCUT2D eigenvalue weighted by Crippen LogP contribution is 2.20. The highest BCUT2D eigenvalue weighted by Gasteiger charge is 2.27. The summed E-state index contributed by atoms with van der Waals surface area (Å²) in [5.74, 6) is 0.953. The van der Waals surface area contributed by atoms with Crippen LogP contribution in [0.5, 0.6) is 0 Å². The van der Waals surface area contributed by atoms with E-state index in [4.69, 9.17) is 5.73 Å². The molecule has 1 rings (SSSR count). The normalized spacial score (nSPS) is 24.3. The fourth-order valence-electron chi connectivity index (χ4n) is 1.38. The molecule has 0 saturated carbocycles. The Labute approximate surface area is 63.4 Å². The van der Waals surface area contributed by atoms with Crippen molar-refractivity contribution < 1.29 is 0 Å². The quantitative estimate of drug-likeness (QED) is 0.627. The molecule has 0 aliphatic carbocycles. The number of rotatable bonds is 3. The van der Waals surface area contributed by atoms with Gasteiger partial charge in [-0.05, 0) is 12.8 Å². The maximum absolute atomic E-state index is 5.53. The third kappa shape index (κ3) is 1.50. The average molecular weight is 142 g/mol. The lowest BCUT2D eigenvalue weighted by Gasteiger charge is -2.42. The van der Waals surface area contributed by atoms with Gasteiger partial charge in [-0.3, -0.25) is 4.90 Å². The van der Waals surface area contributed by atoms with E-state index < -0.39 is 0 Å². The standard InChI is InChI=1S/C8H18N2/c1-3-8-5-10(6-8)7(2)4-9/h7-8H,3-6,9H2,1-2H3. The molecule has 1 heterocycles. The van der Waals surface area contributed by atoms with Crippen LogP contribution in [0.15, 0.2) is 0 Å². The minimum atomic E-state index is 0.600. The Morgan fingerprint density at radius 1 is 1.60 bits per heavy atom. The average Bonchev–Trinajstić information content (AvgIpc) is 1.85. The lowest BCUT2D eigenvalue weighted by molar-refractivity contribution is 0.0616. The van der Waals surface area contributed by atoms with Crippen LogP contribution in [0.1, 0.15) is 20.3 Å². The van der Waals surface area contributed by atoms with Gasteiger partial charge in [0, 0.05) is 25.7 Å². The van der Waals surface area contributed by atoms with Crippen molar-refractivity contribution >= 4 is 0 Å². The SMILES string of the molecule is CCC1CN(C(C)CN)C1. The van der Waals surface area contributed by atoms with Crippen molar-refractivity contribution in [3.8, 4) is 0 Å². The Hall–Kier alpha value is -0.0800. The highest BCUT2D eigenvalue weighted by molar-refractivity contribution is 4.82. The van der Waals surface area contributed by atoms with Crippen molar-refractivity contribution in [1.82, 2.24) is 4.90 Å². The van der Waals surface area contributed by atoms with E-state index in [9.17, 15) is 0 Å². The first kappa shape index (κ1) is 8.02. The Kier molecular flexibility index (Phi) is 2.69. The highest BCUT2D eigenvalue weighted by atomic mass is 15.2. The molecule has 1 unspecified atom stereocenters. The van der Waals surface area contributed by atoms with Crippen molar-refractivity contribution in [2.45, 2.75) is 26.3 Å². The minimum Gasteiger partial charge on any atom is -0.329 e. The summed E-state index contributed by atoms with van der Waals surface area (Å²) < 4.78 is 0. The number of likely N-dealkylation sites (tertiary alicyclic amines) is 1. The van der Waals surface area contributed by atoms with Gasteiger partial charge in [0.1, 0.15) is 0 Å². The van der Waals surface area contributed by atoms with E-state index in [-0.39, 0.29) is 0 Å². The Balaban J connectivity index is 2.13. The fraction of sp³-hybridized carbons (Fsp3) is 1.00. The molecule has 0 aromatic heterocycles. The third-order valence-corrected chi connectivity index (χ3v) is 2.53. The predicted molar refractivity (Wildman–Crippen MR) is 43.9 cm³/mol. The van der Waals surface area contributed by atoms with E-state index in [1.807, 2.05) is 0 Å². The van der Waals surface area contributed by atoms with Crippen molar-refractivity contribution in [1.29, 1.82) is 0 Å². The van der Waals surface area contributed by atoms with Crippen molar-refractivity contribution in [2.75, 3.05) is 19.6 Å². The third-order valence-electron chi connectivity index (χ3n) is 2.53. The molecule has 0 radical (unpaired) electrons. The van der Waals surface area contributed by atoms with Gasteiger partial charge in [0.05, 0.1) is 0 Å². The van der Waals surface area contributed by atoms with E-state index in [2.05, 4.69) is 18.7 Å². The summed E-state index contributed by atoms with van der Waals surface area (Å²) >= 11 is 0. The maximum Gasteiger partial charge on any atom is 0.0190 e. The molecule has 0 aromatic rings. The van der Waals surface area contributed by atoms with Gasteiger partial charge in [0.2, 0.25) is 0 Å². The van der Waals surface area contributed by atoms with E-state index in [1.54, 1.807) is 0 Å². The fourth-order valence-corrected chi connectivity index (χ4v) is 1.38. The molecule has 60 valence electrons. The van der Waals surface area contributed by atoms with Crippen molar-refractivity contribution in [3.63, 3.8) is 0 Å². The summed E-state index contributed by atoms with van der Waals surface area (Å²) in [5, 5.41) is 0. The summed E-state index contributed by atoms with van der Waals surface area (Å²) in [6, 6.07) is 0.600. The number of hydrogen-bond acceptors (Lipinski definition) is 2. The van der Waals surface area contributed by atoms with Crippen LogP contribution in [0.4, 0.5) is 0 Å². The predicted octanol–water partition coefficient (Wildman–Crippen LogP) is 0.675. The van der Waals surface area contributed by atoms with Crippen LogP contribution in [0, 0.1) is 5.92 Å². The summed E-state index contributed by atoms with van der Waals surface area (Å²) in [6.07, 6.45) is 1.33. The molecule has 1 aliphatic rings. The van der Waals surface area contributed by atoms with Crippen LogP contribution in [-0.2, 0) is 0 Å². The molecule has 0 aromatic carbocycles. The molecule has 2 N–H and O–H groups in total. The Morgan fingerprint density at radius 2 is 2.20 bits per heavy atom. The van der Waals surface area contributed by atoms with Gasteiger partial charge in [0.25, 0.3) is 0 Å². The summed E-state index contributed by atoms with van der Waals surface area (Å²) in [7, 11) is 0. The van der Waals surface area contributed by atoms with E-state index in [1.165, 1.54) is 19.5 Å². The van der Waals surface area contributed by atoms with Gasteiger partial charge in [-0.15, -0.1) is 0 Å². The zero-order chi connectivity index (χ0) is 7.56. The second-order valence-corrected chi connectivity index (χ2v) is 3.31. The molecular formula is C8H18N2. The Bertz CT molecular complexity index is 97.4. The first-order chi connectivity index (χ1) is 4.77. The number of hydrogen-bond donors (Lipinski definition) is 1. The molecule has 2 nitrogen and oxygen atoms in total. The van der Waals surface area contributed by atoms with Gasteiger partial charge >= 0.3 is 0 Å². The van der Waals surface area contributed by atoms with Crippen molar-refractivity contribution in [2.24, 2.45) is 11.7 Å². The smallest absolute Gasteiger partial charge is 0.0190 e. The van der Waals surface area contributed by atoms with Gasteiger partial charge in [-0.25, -0.2) is 0 Å². The molecule has 1 aliphatic heterocycles. The van der Waals surface area contributed by atoms with Crippen LogP contribution >= 0.6 is 0 Å². The summed E-state index contributed by atoms with van der Waals surface area (Å²) in [4.78, 5) is 2.45. The first-order valence-corrected chi connectivity index (χ1v) is 4.22. The lowest BCUT2D eigenvalue weighted by Crippen LogP contribution is -2.53. The molecule has 0 spiro atoms. The van der Waals surface area contributed by atoms with Crippen LogP contribution in [0.3, 0.4) is 0 Å². The topological polar surface area (TPSA) is 29.3 Å². The molecule has 1 fully saturated rings. The summed E-state index contributed by atoms with van der Waals surface area (Å²) in [5.41, 5.74) is 5.53. The van der Waals surface area contributed by atoms with Gasteiger partial charge in [0.15, 0.2) is 0 Å². The van der Waals surface area contributed by atoms with E-state index in [0.717, 1.165) is 12.5 Å². The van der Waals surface area contributed by atoms with Crippen LogP contribution < -0.4 is 5.73 Å². The largest absolute Gasteiger partial charge is 0.329 e. The Morgan fingerprint density at radius 3 is 2.60 bits per heavy atom. The second kappa shape index (κ2) is 3.35. The molecule has 2 heteroatoms. The van der Waals surface area contributed by atoms with Crippen molar-refractivity contribution in [3.05, 3.63) is 0 Å². The number of nitrogens with zero attached hydrogens (tertiary/aromatic N) is 1. The van der Waals surface area contributed by atoms with Gasteiger partial charge in [-0.2, -0.15) is 0 Å². The molecule has 10 heavy (non-hydrogen) atoms. The first-order valence-electron chi connectivity index (χ1n) is 4.22. The van der Waals surface area contributed by atoms with Crippen LogP contribution in [0.25, 0.3) is 0 Å². The summed E-state index contributed by atoms with van der Waals surface area (Å²) in [6.45, 7) is 7.81.